The number of nitrogens with zero attached hydrogens (tertiary/aromatic N) is 1. The van der Waals surface area contributed by atoms with E-state index in [1.54, 1.807) is 0 Å². The van der Waals surface area contributed by atoms with Crippen molar-refractivity contribution in [2.24, 2.45) is 5.92 Å². The second kappa shape index (κ2) is 15.6. The number of unbranched alkanes of at least 4 members (excludes halogenated alkanes) is 1. The second-order valence-electron chi connectivity index (χ2n) is 3.75. The molecule has 0 fully saturated rings. The Morgan fingerprint density at radius 3 is 1.74 bits per heavy atom. The van der Waals surface area contributed by atoms with Gasteiger partial charge in [-0.05, 0) is 32.5 Å². The average molecular weight is 458 g/mol. The van der Waals surface area contributed by atoms with Crippen LogP contribution in [0.15, 0.2) is 0 Å². The number of rotatable bonds is 9. The summed E-state index contributed by atoms with van der Waals surface area (Å²) in [6.07, 6.45) is 1.70. The van der Waals surface area contributed by atoms with Gasteiger partial charge in [-0.2, -0.15) is 0 Å². The Bertz CT molecular complexity index is 224. The quantitative estimate of drug-likeness (QED) is 0.403. The molecule has 0 aromatic carbocycles. The van der Waals surface area contributed by atoms with Crippen molar-refractivity contribution in [1.29, 1.82) is 0 Å². The average Bonchev–Trinajstić information content (AvgIpc) is 2.22. The molecule has 0 aromatic rings. The molecular weight excluding hydrogens is 433 g/mol. The van der Waals surface area contributed by atoms with Crippen LogP contribution in [0.25, 0.3) is 12.3 Å². The minimum absolute atomic E-state index is 0. The topological polar surface area (TPSA) is 145 Å². The molecular formula is C11H25N3O4Pt. The fourth-order valence-electron chi connectivity index (χ4n) is 1.58. The van der Waals surface area contributed by atoms with Gasteiger partial charge in [0.2, 0.25) is 0 Å². The maximum absolute atomic E-state index is 10.6. The van der Waals surface area contributed by atoms with Crippen molar-refractivity contribution in [2.75, 3.05) is 19.6 Å². The van der Waals surface area contributed by atoms with Gasteiger partial charge < -0.3 is 27.4 Å². The molecule has 0 atom stereocenters. The molecule has 0 amide bonds. The number of nitrogens with two attached hydrogens (primary N) is 2. The van der Waals surface area contributed by atoms with Crippen LogP contribution in [0.2, 0.25) is 0 Å². The molecule has 0 spiro atoms. The Kier molecular flexibility index (Phi) is 22.1. The Balaban J connectivity index is -0.000000375. The largest absolute Gasteiger partial charge is 2.00 e. The maximum atomic E-state index is 10.6. The fourth-order valence-corrected chi connectivity index (χ4v) is 1.58. The van der Waals surface area contributed by atoms with E-state index in [-0.39, 0.29) is 39.8 Å². The molecule has 0 aliphatic heterocycles. The molecule has 0 rings (SSSR count). The summed E-state index contributed by atoms with van der Waals surface area (Å²) in [5.74, 6) is -3.73. The Morgan fingerprint density at radius 1 is 1.00 bits per heavy atom. The van der Waals surface area contributed by atoms with Gasteiger partial charge in [-0.3, -0.25) is 9.59 Å². The van der Waals surface area contributed by atoms with Gasteiger partial charge in [-0.1, -0.05) is 20.3 Å². The van der Waals surface area contributed by atoms with Crippen LogP contribution in [-0.4, -0.2) is 46.7 Å². The smallest absolute Gasteiger partial charge is 0.693 e. The van der Waals surface area contributed by atoms with E-state index in [0.29, 0.717) is 6.42 Å². The summed E-state index contributed by atoms with van der Waals surface area (Å²) in [7, 11) is 0. The van der Waals surface area contributed by atoms with Crippen LogP contribution in [0.4, 0.5) is 0 Å². The molecule has 0 aromatic heterocycles. The van der Waals surface area contributed by atoms with Crippen LogP contribution < -0.4 is 0 Å². The van der Waals surface area contributed by atoms with Gasteiger partial charge in [-0.15, -0.1) is 0 Å². The monoisotopic (exact) mass is 458 g/mol. The first-order chi connectivity index (χ1) is 7.52. The molecule has 0 aliphatic carbocycles. The summed E-state index contributed by atoms with van der Waals surface area (Å²) < 4.78 is 0. The molecule has 0 saturated carbocycles. The minimum atomic E-state index is -1.25. The van der Waals surface area contributed by atoms with E-state index in [4.69, 9.17) is 10.2 Å². The Labute approximate surface area is 129 Å². The molecule has 0 heterocycles. The SMILES string of the molecule is CCN(CC)CCCCC(C(=O)O)C(=O)O.[NH2-].[NH2-].[Pt+2]. The van der Waals surface area contributed by atoms with Gasteiger partial charge >= 0.3 is 33.0 Å². The summed E-state index contributed by atoms with van der Waals surface area (Å²) in [6, 6.07) is 0. The van der Waals surface area contributed by atoms with Crippen molar-refractivity contribution in [2.45, 2.75) is 33.1 Å². The number of carboxylic acid groups (broad SMARTS) is 2. The van der Waals surface area contributed by atoms with Gasteiger partial charge in [0, 0.05) is 0 Å². The maximum Gasteiger partial charge on any atom is 2.00 e. The first kappa shape index (κ1) is 27.0. The third kappa shape index (κ3) is 12.3. The minimum Gasteiger partial charge on any atom is -0.693 e. The number of aliphatic carboxylic acids is 2. The van der Waals surface area contributed by atoms with Crippen molar-refractivity contribution in [1.82, 2.24) is 4.90 Å². The molecule has 19 heavy (non-hydrogen) atoms. The van der Waals surface area contributed by atoms with E-state index in [9.17, 15) is 9.59 Å². The third-order valence-corrected chi connectivity index (χ3v) is 2.71. The van der Waals surface area contributed by atoms with Crippen LogP contribution in [0.5, 0.6) is 0 Å². The van der Waals surface area contributed by atoms with E-state index in [1.165, 1.54) is 0 Å². The first-order valence-corrected chi connectivity index (χ1v) is 5.70. The van der Waals surface area contributed by atoms with Crippen molar-refractivity contribution >= 4 is 11.9 Å². The van der Waals surface area contributed by atoms with Gasteiger partial charge in [-0.25, -0.2) is 0 Å². The van der Waals surface area contributed by atoms with Gasteiger partial charge in [0.25, 0.3) is 0 Å². The summed E-state index contributed by atoms with van der Waals surface area (Å²) in [5.41, 5.74) is 0. The predicted octanol–water partition coefficient (Wildman–Crippen LogP) is 2.72. The summed E-state index contributed by atoms with van der Waals surface area (Å²) in [4.78, 5) is 23.4. The molecule has 0 unspecified atom stereocenters. The number of carbonyl (C=O) groups is 2. The summed E-state index contributed by atoms with van der Waals surface area (Å²) in [5, 5.41) is 17.3. The van der Waals surface area contributed by atoms with E-state index >= 15 is 0 Å². The predicted molar refractivity (Wildman–Crippen MR) is 71.0 cm³/mol. The number of carboxylic acids is 2. The van der Waals surface area contributed by atoms with Crippen LogP contribution in [-0.2, 0) is 30.7 Å². The zero-order valence-electron chi connectivity index (χ0n) is 11.4. The zero-order chi connectivity index (χ0) is 12.6. The fraction of sp³-hybridized carbons (Fsp3) is 0.818. The molecule has 0 saturated heterocycles. The van der Waals surface area contributed by atoms with Crippen molar-refractivity contribution < 1.29 is 40.9 Å². The summed E-state index contributed by atoms with van der Waals surface area (Å²) >= 11 is 0. The number of hydrogen-bond acceptors (Lipinski definition) is 3. The standard InChI is InChI=1S/C11H21NO4.2H2N.Pt/c1-3-12(4-2)8-6-5-7-9(10(13)14)11(15)16;;;/h9H,3-8H2,1-2H3,(H,13,14)(H,15,16);2*1H2;/q;2*-1;+2. The van der Waals surface area contributed by atoms with Crippen molar-refractivity contribution in [3.8, 4) is 0 Å². The van der Waals surface area contributed by atoms with E-state index in [1.807, 2.05) is 0 Å². The zero-order valence-corrected chi connectivity index (χ0v) is 13.7. The molecule has 7 nitrogen and oxygen atoms in total. The first-order valence-electron chi connectivity index (χ1n) is 5.70. The molecule has 118 valence electrons. The van der Waals surface area contributed by atoms with Gasteiger partial charge in [0.05, 0.1) is 0 Å². The van der Waals surface area contributed by atoms with Gasteiger partial charge in [0.1, 0.15) is 0 Å². The van der Waals surface area contributed by atoms with Crippen LogP contribution in [0.3, 0.4) is 0 Å². The Morgan fingerprint density at radius 2 is 1.42 bits per heavy atom. The third-order valence-electron chi connectivity index (χ3n) is 2.71. The molecule has 0 radical (unpaired) electrons. The molecule has 0 bridgehead atoms. The normalized spacial score (nSPS) is 9.26. The number of hydrogen-bond donors (Lipinski definition) is 2. The van der Waals surface area contributed by atoms with Crippen LogP contribution in [0, 0.1) is 5.92 Å². The van der Waals surface area contributed by atoms with E-state index in [0.717, 1.165) is 26.1 Å². The molecule has 6 N–H and O–H groups in total. The Hall–Kier alpha value is -0.492. The summed E-state index contributed by atoms with van der Waals surface area (Å²) in [6.45, 7) is 6.98. The van der Waals surface area contributed by atoms with Gasteiger partial charge in [0.15, 0.2) is 5.92 Å². The van der Waals surface area contributed by atoms with E-state index in [2.05, 4.69) is 18.7 Å². The van der Waals surface area contributed by atoms with Crippen LogP contribution >= 0.6 is 0 Å². The van der Waals surface area contributed by atoms with Crippen LogP contribution in [0.1, 0.15) is 33.1 Å². The van der Waals surface area contributed by atoms with Crippen molar-refractivity contribution in [3.63, 3.8) is 0 Å². The van der Waals surface area contributed by atoms with E-state index < -0.39 is 17.9 Å². The molecule has 0 aliphatic rings. The second-order valence-corrected chi connectivity index (χ2v) is 3.75. The van der Waals surface area contributed by atoms with Crippen molar-refractivity contribution in [3.05, 3.63) is 12.3 Å². The molecule has 8 heteroatoms.